The van der Waals surface area contributed by atoms with Crippen molar-refractivity contribution in [3.05, 3.63) is 67.9 Å². The van der Waals surface area contributed by atoms with Gasteiger partial charge in [-0.15, -0.1) is 11.3 Å². The van der Waals surface area contributed by atoms with E-state index in [-0.39, 0.29) is 11.1 Å². The van der Waals surface area contributed by atoms with Crippen LogP contribution in [0.4, 0.5) is 0 Å². The SMILES string of the molecule is Cc1ccc2ncc(C(=O)NCc3sccc3C)c(=O)n2c1. The normalized spacial score (nSPS) is 10.8. The van der Waals surface area contributed by atoms with E-state index < -0.39 is 5.91 Å². The maximum Gasteiger partial charge on any atom is 0.270 e. The van der Waals surface area contributed by atoms with Gasteiger partial charge >= 0.3 is 0 Å². The zero-order valence-corrected chi connectivity index (χ0v) is 13.1. The molecule has 5 nitrogen and oxygen atoms in total. The number of rotatable bonds is 3. The number of carbonyl (C=O) groups is 1. The Balaban J connectivity index is 1.89. The highest BCUT2D eigenvalue weighted by Gasteiger charge is 2.13. The summed E-state index contributed by atoms with van der Waals surface area (Å²) in [6.07, 6.45) is 3.02. The zero-order valence-electron chi connectivity index (χ0n) is 12.3. The molecule has 6 heteroatoms. The Kier molecular flexibility index (Phi) is 3.77. The second-order valence-electron chi connectivity index (χ2n) is 5.12. The molecule has 1 amide bonds. The maximum atomic E-state index is 12.4. The lowest BCUT2D eigenvalue weighted by atomic mass is 10.2. The number of pyridine rings is 1. The average molecular weight is 313 g/mol. The topological polar surface area (TPSA) is 63.5 Å². The number of hydrogen-bond donors (Lipinski definition) is 1. The van der Waals surface area contributed by atoms with Crippen LogP contribution in [0, 0.1) is 13.8 Å². The molecule has 0 aliphatic heterocycles. The molecular formula is C16H15N3O2S. The lowest BCUT2D eigenvalue weighted by Crippen LogP contribution is -2.31. The Hall–Kier alpha value is -2.47. The van der Waals surface area contributed by atoms with E-state index in [9.17, 15) is 9.59 Å². The number of fused-ring (bicyclic) bond motifs is 1. The van der Waals surface area contributed by atoms with E-state index in [0.717, 1.165) is 16.0 Å². The number of aryl methyl sites for hydroxylation is 2. The fraction of sp³-hybridized carbons (Fsp3) is 0.188. The molecule has 0 saturated heterocycles. The molecule has 0 spiro atoms. The van der Waals surface area contributed by atoms with Gasteiger partial charge in [0.05, 0.1) is 6.54 Å². The Morgan fingerprint density at radius 2 is 2.14 bits per heavy atom. The van der Waals surface area contributed by atoms with Crippen molar-refractivity contribution in [1.82, 2.24) is 14.7 Å². The third-order valence-corrected chi connectivity index (χ3v) is 4.50. The van der Waals surface area contributed by atoms with Crippen LogP contribution in [0.5, 0.6) is 0 Å². The van der Waals surface area contributed by atoms with Crippen molar-refractivity contribution in [3.8, 4) is 0 Å². The summed E-state index contributed by atoms with van der Waals surface area (Å²) in [5.74, 6) is -0.402. The van der Waals surface area contributed by atoms with Crippen LogP contribution in [0.1, 0.15) is 26.4 Å². The Morgan fingerprint density at radius 3 is 2.86 bits per heavy atom. The highest BCUT2D eigenvalue weighted by atomic mass is 32.1. The number of nitrogens with one attached hydrogen (secondary N) is 1. The lowest BCUT2D eigenvalue weighted by molar-refractivity contribution is 0.0949. The van der Waals surface area contributed by atoms with Gasteiger partial charge < -0.3 is 5.32 Å². The summed E-state index contributed by atoms with van der Waals surface area (Å²) in [6.45, 7) is 4.30. The van der Waals surface area contributed by atoms with E-state index in [1.54, 1.807) is 23.6 Å². The van der Waals surface area contributed by atoms with Crippen LogP contribution < -0.4 is 10.9 Å². The summed E-state index contributed by atoms with van der Waals surface area (Å²) in [5, 5.41) is 4.76. The summed E-state index contributed by atoms with van der Waals surface area (Å²) in [4.78, 5) is 29.9. The first-order chi connectivity index (χ1) is 10.6. The van der Waals surface area contributed by atoms with Crippen molar-refractivity contribution in [3.63, 3.8) is 0 Å². The number of hydrogen-bond acceptors (Lipinski definition) is 4. The van der Waals surface area contributed by atoms with Crippen LogP contribution in [0.2, 0.25) is 0 Å². The van der Waals surface area contributed by atoms with E-state index in [0.29, 0.717) is 12.2 Å². The van der Waals surface area contributed by atoms with Crippen LogP contribution in [-0.4, -0.2) is 15.3 Å². The minimum Gasteiger partial charge on any atom is -0.347 e. The van der Waals surface area contributed by atoms with Gasteiger partial charge in [0.25, 0.3) is 11.5 Å². The summed E-state index contributed by atoms with van der Waals surface area (Å²) in [5.41, 5.74) is 2.30. The Bertz CT molecular complexity index is 911. The fourth-order valence-corrected chi connectivity index (χ4v) is 3.03. The summed E-state index contributed by atoms with van der Waals surface area (Å²) < 4.78 is 1.40. The maximum absolute atomic E-state index is 12.4. The molecule has 0 unspecified atom stereocenters. The molecule has 0 atom stereocenters. The quantitative estimate of drug-likeness (QED) is 0.807. The van der Waals surface area contributed by atoms with E-state index >= 15 is 0 Å². The van der Waals surface area contributed by atoms with Gasteiger partial charge in [-0.05, 0) is 42.5 Å². The average Bonchev–Trinajstić information content (AvgIpc) is 2.91. The van der Waals surface area contributed by atoms with Gasteiger partial charge in [0.1, 0.15) is 11.2 Å². The molecule has 0 saturated carbocycles. The molecule has 0 aliphatic carbocycles. The Morgan fingerprint density at radius 1 is 1.32 bits per heavy atom. The van der Waals surface area contributed by atoms with E-state index in [1.807, 2.05) is 31.4 Å². The first-order valence-corrected chi connectivity index (χ1v) is 7.73. The highest BCUT2D eigenvalue weighted by molar-refractivity contribution is 7.10. The largest absolute Gasteiger partial charge is 0.347 e. The standard InChI is InChI=1S/C16H15N3O2S/c1-10-3-4-14-17-7-12(16(21)19(14)9-10)15(20)18-8-13-11(2)5-6-22-13/h3-7,9H,8H2,1-2H3,(H,18,20). The van der Waals surface area contributed by atoms with Crippen molar-refractivity contribution >= 4 is 22.9 Å². The lowest BCUT2D eigenvalue weighted by Gasteiger charge is -2.06. The third kappa shape index (κ3) is 2.65. The van der Waals surface area contributed by atoms with Gasteiger partial charge in [-0.25, -0.2) is 4.98 Å². The molecule has 0 bridgehead atoms. The number of carbonyl (C=O) groups excluding carboxylic acids is 1. The van der Waals surface area contributed by atoms with Crippen LogP contribution in [0.15, 0.2) is 40.8 Å². The summed E-state index contributed by atoms with van der Waals surface area (Å²) >= 11 is 1.58. The predicted octanol–water partition coefficient (Wildman–Crippen LogP) is 2.30. The zero-order chi connectivity index (χ0) is 15.7. The minimum absolute atomic E-state index is 0.0531. The van der Waals surface area contributed by atoms with E-state index in [4.69, 9.17) is 0 Å². The van der Waals surface area contributed by atoms with Gasteiger partial charge in [0.15, 0.2) is 0 Å². The van der Waals surface area contributed by atoms with E-state index in [1.165, 1.54) is 10.6 Å². The van der Waals surface area contributed by atoms with Crippen molar-refractivity contribution < 1.29 is 4.79 Å². The van der Waals surface area contributed by atoms with Crippen LogP contribution in [0.3, 0.4) is 0 Å². The molecule has 0 radical (unpaired) electrons. The first kappa shape index (κ1) is 14.5. The summed E-state index contributed by atoms with van der Waals surface area (Å²) in [7, 11) is 0. The van der Waals surface area contributed by atoms with Gasteiger partial charge in [0.2, 0.25) is 0 Å². The number of nitrogens with zero attached hydrogens (tertiary/aromatic N) is 2. The van der Waals surface area contributed by atoms with Crippen LogP contribution in [-0.2, 0) is 6.54 Å². The predicted molar refractivity (Wildman–Crippen MR) is 86.4 cm³/mol. The van der Waals surface area contributed by atoms with Gasteiger partial charge in [-0.1, -0.05) is 6.07 Å². The molecule has 0 fully saturated rings. The van der Waals surface area contributed by atoms with Crippen molar-refractivity contribution in [2.24, 2.45) is 0 Å². The van der Waals surface area contributed by atoms with Crippen molar-refractivity contribution in [2.45, 2.75) is 20.4 Å². The molecule has 112 valence electrons. The van der Waals surface area contributed by atoms with Gasteiger partial charge in [0, 0.05) is 17.3 Å². The smallest absolute Gasteiger partial charge is 0.270 e. The molecule has 3 aromatic rings. The fourth-order valence-electron chi connectivity index (χ4n) is 2.18. The molecule has 22 heavy (non-hydrogen) atoms. The number of aromatic nitrogens is 2. The molecule has 0 aliphatic rings. The number of thiophene rings is 1. The Labute approximate surface area is 131 Å². The van der Waals surface area contributed by atoms with Gasteiger partial charge in [-0.3, -0.25) is 14.0 Å². The second-order valence-corrected chi connectivity index (χ2v) is 6.12. The second kappa shape index (κ2) is 5.73. The monoisotopic (exact) mass is 313 g/mol. The number of amides is 1. The van der Waals surface area contributed by atoms with E-state index in [2.05, 4.69) is 10.3 Å². The molecule has 1 N–H and O–H groups in total. The minimum atomic E-state index is -0.402. The third-order valence-electron chi connectivity index (χ3n) is 3.47. The molecule has 3 heterocycles. The molecule has 0 aromatic carbocycles. The summed E-state index contributed by atoms with van der Waals surface area (Å²) in [6, 6.07) is 5.63. The van der Waals surface area contributed by atoms with Crippen LogP contribution >= 0.6 is 11.3 Å². The highest BCUT2D eigenvalue weighted by Crippen LogP contribution is 2.14. The van der Waals surface area contributed by atoms with Gasteiger partial charge in [-0.2, -0.15) is 0 Å². The first-order valence-electron chi connectivity index (χ1n) is 6.85. The molecule has 3 aromatic heterocycles. The van der Waals surface area contributed by atoms with Crippen LogP contribution in [0.25, 0.3) is 5.65 Å². The van der Waals surface area contributed by atoms with Crippen molar-refractivity contribution in [1.29, 1.82) is 0 Å². The van der Waals surface area contributed by atoms with Crippen molar-refractivity contribution in [2.75, 3.05) is 0 Å². The molecule has 3 rings (SSSR count). The molecular weight excluding hydrogens is 298 g/mol.